The number of pyridine rings is 1. The normalized spacial score (nSPS) is 14.6. The van der Waals surface area contributed by atoms with Crippen molar-refractivity contribution in [1.29, 1.82) is 0 Å². The second-order valence-electron chi connectivity index (χ2n) is 6.20. The predicted octanol–water partition coefficient (Wildman–Crippen LogP) is 1.82. The lowest BCUT2D eigenvalue weighted by Gasteiger charge is -2.36. The molecule has 0 amide bonds. The number of aryl methyl sites for hydroxylation is 1. The first-order valence-electron chi connectivity index (χ1n) is 8.89. The maximum absolute atomic E-state index is 12.1. The summed E-state index contributed by atoms with van der Waals surface area (Å²) in [4.78, 5) is 29.5. The van der Waals surface area contributed by atoms with Crippen LogP contribution in [0.15, 0.2) is 28.9 Å². The van der Waals surface area contributed by atoms with E-state index in [4.69, 9.17) is 9.26 Å². The third-order valence-electron chi connectivity index (χ3n) is 4.50. The summed E-state index contributed by atoms with van der Waals surface area (Å²) in [5.74, 6) is 1.03. The van der Waals surface area contributed by atoms with Crippen LogP contribution in [0.3, 0.4) is 0 Å². The maximum Gasteiger partial charge on any atom is 0.376 e. The highest BCUT2D eigenvalue weighted by Gasteiger charge is 2.26. The lowest BCUT2D eigenvalue weighted by molar-refractivity contribution is 0.0512. The Morgan fingerprint density at radius 2 is 1.96 bits per heavy atom. The van der Waals surface area contributed by atoms with Crippen molar-refractivity contribution < 1.29 is 14.1 Å². The van der Waals surface area contributed by atoms with Gasteiger partial charge in [-0.05, 0) is 26.0 Å². The van der Waals surface area contributed by atoms with Gasteiger partial charge in [-0.1, -0.05) is 11.2 Å². The van der Waals surface area contributed by atoms with Gasteiger partial charge >= 0.3 is 5.97 Å². The molecule has 1 fully saturated rings. The first kappa shape index (κ1) is 17.2. The fourth-order valence-corrected chi connectivity index (χ4v) is 3.17. The Morgan fingerprint density at radius 1 is 1.19 bits per heavy atom. The summed E-state index contributed by atoms with van der Waals surface area (Å²) in [7, 11) is 0. The topological polar surface area (TPSA) is 97.5 Å². The number of carbonyl (C=O) groups is 1. The molecule has 9 heteroatoms. The molecule has 0 spiro atoms. The number of fused-ring (bicyclic) bond motifs is 1. The van der Waals surface area contributed by atoms with Crippen molar-refractivity contribution in [2.75, 3.05) is 42.6 Å². The Kier molecular flexibility index (Phi) is 4.57. The fraction of sp³-hybridized carbons (Fsp3) is 0.389. The van der Waals surface area contributed by atoms with Crippen molar-refractivity contribution in [3.63, 3.8) is 0 Å². The first-order chi connectivity index (χ1) is 13.2. The molecule has 0 bridgehead atoms. The van der Waals surface area contributed by atoms with Crippen molar-refractivity contribution in [2.24, 2.45) is 0 Å². The van der Waals surface area contributed by atoms with Crippen molar-refractivity contribution >= 4 is 28.7 Å². The van der Waals surface area contributed by atoms with Crippen LogP contribution < -0.4 is 9.80 Å². The molecular formula is C18H20N6O3. The molecule has 1 saturated heterocycles. The zero-order chi connectivity index (χ0) is 18.8. The van der Waals surface area contributed by atoms with Gasteiger partial charge in [-0.3, -0.25) is 0 Å². The van der Waals surface area contributed by atoms with Crippen molar-refractivity contribution in [3.05, 3.63) is 35.9 Å². The third-order valence-corrected chi connectivity index (χ3v) is 4.50. The number of nitrogens with zero attached hydrogens (tertiary/aromatic N) is 6. The second-order valence-corrected chi connectivity index (χ2v) is 6.20. The number of carbonyl (C=O) groups excluding carboxylic acids is 1. The maximum atomic E-state index is 12.1. The zero-order valence-corrected chi connectivity index (χ0v) is 15.3. The number of rotatable bonds is 4. The van der Waals surface area contributed by atoms with Crippen LogP contribution in [0.4, 0.5) is 11.6 Å². The number of ether oxygens (including phenoxy) is 1. The molecule has 0 atom stereocenters. The van der Waals surface area contributed by atoms with Gasteiger partial charge in [-0.15, -0.1) is 0 Å². The van der Waals surface area contributed by atoms with Crippen LogP contribution in [0.25, 0.3) is 11.1 Å². The van der Waals surface area contributed by atoms with Gasteiger partial charge in [0.05, 0.1) is 12.3 Å². The van der Waals surface area contributed by atoms with Crippen LogP contribution in [0.1, 0.15) is 23.2 Å². The molecule has 27 heavy (non-hydrogen) atoms. The average Bonchev–Trinajstić information content (AvgIpc) is 3.09. The van der Waals surface area contributed by atoms with Crippen LogP contribution in [0.5, 0.6) is 0 Å². The van der Waals surface area contributed by atoms with Crippen LogP contribution in [0, 0.1) is 6.92 Å². The second kappa shape index (κ2) is 7.18. The van der Waals surface area contributed by atoms with E-state index >= 15 is 0 Å². The van der Waals surface area contributed by atoms with E-state index in [2.05, 4.69) is 29.9 Å². The van der Waals surface area contributed by atoms with E-state index in [0.717, 1.165) is 37.4 Å². The minimum Gasteiger partial charge on any atom is -0.460 e. The van der Waals surface area contributed by atoms with Crippen molar-refractivity contribution in [2.45, 2.75) is 13.8 Å². The quantitative estimate of drug-likeness (QED) is 0.639. The minimum absolute atomic E-state index is 0.0114. The largest absolute Gasteiger partial charge is 0.460 e. The first-order valence-corrected chi connectivity index (χ1v) is 8.89. The summed E-state index contributed by atoms with van der Waals surface area (Å²) in [6.07, 6.45) is 1.79. The molecule has 4 rings (SSSR count). The molecule has 140 valence electrons. The molecule has 9 nitrogen and oxygen atoms in total. The Hall–Kier alpha value is -3.23. The molecule has 0 aromatic carbocycles. The fourth-order valence-electron chi connectivity index (χ4n) is 3.17. The molecule has 0 N–H and O–H groups in total. The van der Waals surface area contributed by atoms with Crippen molar-refractivity contribution in [1.82, 2.24) is 20.1 Å². The number of anilines is 2. The smallest absolute Gasteiger partial charge is 0.376 e. The number of aromatic nitrogens is 4. The van der Waals surface area contributed by atoms with Gasteiger partial charge in [0, 0.05) is 32.4 Å². The van der Waals surface area contributed by atoms with Gasteiger partial charge in [0.25, 0.3) is 5.71 Å². The van der Waals surface area contributed by atoms with E-state index in [1.807, 2.05) is 25.1 Å². The Balaban J connectivity index is 1.63. The van der Waals surface area contributed by atoms with Gasteiger partial charge in [-0.2, -0.15) is 4.98 Å². The summed E-state index contributed by atoms with van der Waals surface area (Å²) in [5, 5.41) is 4.71. The van der Waals surface area contributed by atoms with E-state index in [0.29, 0.717) is 17.2 Å². The van der Waals surface area contributed by atoms with E-state index in [1.54, 1.807) is 13.1 Å². The van der Waals surface area contributed by atoms with Gasteiger partial charge in [0.2, 0.25) is 5.82 Å². The van der Waals surface area contributed by atoms with Crippen molar-refractivity contribution in [3.8, 4) is 0 Å². The lowest BCUT2D eigenvalue weighted by Crippen LogP contribution is -2.47. The zero-order valence-electron chi connectivity index (χ0n) is 15.3. The van der Waals surface area contributed by atoms with Gasteiger partial charge in [0.1, 0.15) is 17.0 Å². The highest BCUT2D eigenvalue weighted by Crippen LogP contribution is 2.28. The van der Waals surface area contributed by atoms with Crippen LogP contribution in [0.2, 0.25) is 0 Å². The molecule has 0 unspecified atom stereocenters. The Morgan fingerprint density at radius 3 is 2.67 bits per heavy atom. The van der Waals surface area contributed by atoms with Crippen LogP contribution in [-0.4, -0.2) is 58.9 Å². The lowest BCUT2D eigenvalue weighted by atomic mass is 10.2. The Labute approximate surface area is 156 Å². The SMILES string of the molecule is CCOC(=O)c1nc(N2CCN(c3ccccn3)CC2)c2c(C)noc2n1. The summed E-state index contributed by atoms with van der Waals surface area (Å²) in [6.45, 7) is 6.89. The number of piperazine rings is 1. The highest BCUT2D eigenvalue weighted by molar-refractivity contribution is 5.93. The summed E-state index contributed by atoms with van der Waals surface area (Å²) >= 11 is 0. The average molecular weight is 368 g/mol. The standard InChI is InChI=1S/C18H20N6O3/c1-3-26-18(25)15-20-16(14-12(2)22-27-17(14)21-15)24-10-8-23(9-11-24)13-6-4-5-7-19-13/h4-7H,3,8-11H2,1-2H3. The molecular weight excluding hydrogens is 348 g/mol. The summed E-state index contributed by atoms with van der Waals surface area (Å²) < 4.78 is 10.3. The van der Waals surface area contributed by atoms with E-state index in [9.17, 15) is 4.79 Å². The monoisotopic (exact) mass is 368 g/mol. The van der Waals surface area contributed by atoms with Gasteiger partial charge in [0.15, 0.2) is 0 Å². The molecule has 3 aromatic heterocycles. The third kappa shape index (κ3) is 3.27. The Bertz CT molecular complexity index is 950. The molecule has 0 saturated carbocycles. The number of hydrogen-bond donors (Lipinski definition) is 0. The summed E-state index contributed by atoms with van der Waals surface area (Å²) in [5.41, 5.74) is 0.996. The van der Waals surface area contributed by atoms with Crippen LogP contribution in [-0.2, 0) is 4.74 Å². The molecule has 0 aliphatic carbocycles. The minimum atomic E-state index is -0.568. The van der Waals surface area contributed by atoms with Gasteiger partial charge < -0.3 is 19.1 Å². The molecule has 1 aliphatic rings. The number of hydrogen-bond acceptors (Lipinski definition) is 9. The van der Waals surface area contributed by atoms with Crippen LogP contribution >= 0.6 is 0 Å². The highest BCUT2D eigenvalue weighted by atomic mass is 16.5. The van der Waals surface area contributed by atoms with E-state index in [1.165, 1.54) is 0 Å². The molecule has 3 aromatic rings. The summed E-state index contributed by atoms with van der Waals surface area (Å²) in [6, 6.07) is 5.89. The molecule has 0 radical (unpaired) electrons. The molecule has 4 heterocycles. The van der Waals surface area contributed by atoms with Gasteiger partial charge in [-0.25, -0.2) is 14.8 Å². The predicted molar refractivity (Wildman–Crippen MR) is 99.0 cm³/mol. The number of esters is 1. The van der Waals surface area contributed by atoms with E-state index < -0.39 is 5.97 Å². The molecule has 1 aliphatic heterocycles. The van der Waals surface area contributed by atoms with E-state index in [-0.39, 0.29) is 12.4 Å².